The van der Waals surface area contributed by atoms with Crippen LogP contribution in [0.3, 0.4) is 0 Å². The Morgan fingerprint density at radius 2 is 1.94 bits per heavy atom. The second-order valence-corrected chi connectivity index (χ2v) is 6.79. The van der Waals surface area contributed by atoms with Crippen molar-refractivity contribution in [3.05, 3.63) is 29.3 Å². The van der Waals surface area contributed by atoms with E-state index in [-0.39, 0.29) is 5.75 Å². The molecule has 1 aliphatic carbocycles. The number of aryl methyl sites for hydroxylation is 2. The van der Waals surface area contributed by atoms with Gasteiger partial charge in [0.05, 0.1) is 5.75 Å². The maximum absolute atomic E-state index is 11.8. The van der Waals surface area contributed by atoms with Crippen LogP contribution in [0.15, 0.2) is 18.2 Å². The molecule has 0 radical (unpaired) electrons. The van der Waals surface area contributed by atoms with E-state index >= 15 is 0 Å². The van der Waals surface area contributed by atoms with E-state index in [2.05, 4.69) is 10.0 Å². The van der Waals surface area contributed by atoms with Crippen molar-refractivity contribution in [3.8, 4) is 0 Å². The molecule has 0 aromatic heterocycles. The second kappa shape index (κ2) is 5.28. The molecular weight excluding hydrogens is 248 g/mol. The van der Waals surface area contributed by atoms with E-state index in [4.69, 9.17) is 0 Å². The molecule has 2 N–H and O–H groups in total. The molecule has 4 nitrogen and oxygen atoms in total. The lowest BCUT2D eigenvalue weighted by Crippen LogP contribution is -2.28. The quantitative estimate of drug-likeness (QED) is 0.827. The molecular formula is C13H20N2O2S. The average molecular weight is 268 g/mol. The molecule has 0 amide bonds. The van der Waals surface area contributed by atoms with Gasteiger partial charge in [-0.25, -0.2) is 8.42 Å². The minimum absolute atomic E-state index is 0.121. The van der Waals surface area contributed by atoms with Gasteiger partial charge in [-0.3, -0.25) is 4.72 Å². The van der Waals surface area contributed by atoms with Crippen molar-refractivity contribution < 1.29 is 8.42 Å². The van der Waals surface area contributed by atoms with Crippen molar-refractivity contribution in [3.63, 3.8) is 0 Å². The van der Waals surface area contributed by atoms with Crippen molar-refractivity contribution in [2.24, 2.45) is 0 Å². The second-order valence-electron chi connectivity index (χ2n) is 4.95. The largest absolute Gasteiger partial charge is 0.313 e. The fourth-order valence-electron chi connectivity index (χ4n) is 1.72. The monoisotopic (exact) mass is 268 g/mol. The molecule has 0 spiro atoms. The number of nitrogens with one attached hydrogen (secondary N) is 2. The Morgan fingerprint density at radius 3 is 2.56 bits per heavy atom. The van der Waals surface area contributed by atoms with Crippen LogP contribution >= 0.6 is 0 Å². The van der Waals surface area contributed by atoms with Crippen LogP contribution in [0.2, 0.25) is 0 Å². The van der Waals surface area contributed by atoms with Crippen LogP contribution in [-0.2, 0) is 10.0 Å². The lowest BCUT2D eigenvalue weighted by molar-refractivity contribution is 0.595. The topological polar surface area (TPSA) is 58.2 Å². The van der Waals surface area contributed by atoms with E-state index in [1.807, 2.05) is 26.0 Å². The molecule has 0 saturated heterocycles. The molecule has 0 atom stereocenters. The molecule has 0 aliphatic heterocycles. The smallest absolute Gasteiger partial charge is 0.233 e. The predicted molar refractivity (Wildman–Crippen MR) is 74.4 cm³/mol. The molecule has 100 valence electrons. The molecule has 0 bridgehead atoms. The van der Waals surface area contributed by atoms with Gasteiger partial charge in [-0.15, -0.1) is 0 Å². The van der Waals surface area contributed by atoms with E-state index in [0.717, 1.165) is 11.1 Å². The Bertz CT molecular complexity index is 522. The highest BCUT2D eigenvalue weighted by Gasteiger charge is 2.21. The molecule has 1 fully saturated rings. The number of hydrogen-bond donors (Lipinski definition) is 2. The fraction of sp³-hybridized carbons (Fsp3) is 0.538. The third kappa shape index (κ3) is 3.99. The van der Waals surface area contributed by atoms with E-state index < -0.39 is 10.0 Å². The van der Waals surface area contributed by atoms with Gasteiger partial charge in [-0.05, 0) is 49.9 Å². The Kier molecular flexibility index (Phi) is 3.92. The first-order chi connectivity index (χ1) is 8.46. The summed E-state index contributed by atoms with van der Waals surface area (Å²) in [5.41, 5.74) is 2.89. The maximum atomic E-state index is 11.8. The number of hydrogen-bond acceptors (Lipinski definition) is 3. The van der Waals surface area contributed by atoms with Crippen molar-refractivity contribution in [1.29, 1.82) is 0 Å². The van der Waals surface area contributed by atoms with Crippen molar-refractivity contribution in [2.75, 3.05) is 17.0 Å². The zero-order valence-corrected chi connectivity index (χ0v) is 11.7. The third-order valence-corrected chi connectivity index (χ3v) is 4.45. The summed E-state index contributed by atoms with van der Waals surface area (Å²) in [5.74, 6) is 0.121. The summed E-state index contributed by atoms with van der Waals surface area (Å²) in [4.78, 5) is 0. The molecule has 1 aliphatic rings. The molecule has 0 unspecified atom stereocenters. The first-order valence-corrected chi connectivity index (χ1v) is 7.93. The normalized spacial score (nSPS) is 15.7. The van der Waals surface area contributed by atoms with Crippen LogP contribution in [0, 0.1) is 13.8 Å². The van der Waals surface area contributed by atoms with Crippen LogP contribution in [0.25, 0.3) is 0 Å². The minimum atomic E-state index is -3.24. The molecule has 18 heavy (non-hydrogen) atoms. The standard InChI is InChI=1S/C13H20N2O2S/c1-10-3-4-13(9-11(10)2)15-18(16,17)8-7-14-12-5-6-12/h3-4,9,12,14-15H,5-8H2,1-2H3. The SMILES string of the molecule is Cc1ccc(NS(=O)(=O)CCNC2CC2)cc1C. The molecule has 1 saturated carbocycles. The van der Waals surface area contributed by atoms with Crippen LogP contribution in [-0.4, -0.2) is 26.8 Å². The fourth-order valence-corrected chi connectivity index (χ4v) is 2.70. The number of anilines is 1. The highest BCUT2D eigenvalue weighted by Crippen LogP contribution is 2.18. The Hall–Kier alpha value is -1.07. The number of sulfonamides is 1. The van der Waals surface area contributed by atoms with Crippen molar-refractivity contribution in [1.82, 2.24) is 5.32 Å². The van der Waals surface area contributed by atoms with E-state index in [1.54, 1.807) is 6.07 Å². The summed E-state index contributed by atoms with van der Waals surface area (Å²) in [7, 11) is -3.24. The summed E-state index contributed by atoms with van der Waals surface area (Å²) in [5, 5.41) is 3.20. The lowest BCUT2D eigenvalue weighted by Gasteiger charge is -2.10. The van der Waals surface area contributed by atoms with E-state index in [0.29, 0.717) is 18.3 Å². The van der Waals surface area contributed by atoms with Crippen molar-refractivity contribution in [2.45, 2.75) is 32.7 Å². The lowest BCUT2D eigenvalue weighted by atomic mass is 10.1. The average Bonchev–Trinajstić information content (AvgIpc) is 3.07. The number of rotatable bonds is 6. The maximum Gasteiger partial charge on any atom is 0.233 e. The zero-order chi connectivity index (χ0) is 13.2. The van der Waals surface area contributed by atoms with Crippen molar-refractivity contribution >= 4 is 15.7 Å². The third-order valence-electron chi connectivity index (χ3n) is 3.16. The highest BCUT2D eigenvalue weighted by atomic mass is 32.2. The number of benzene rings is 1. The van der Waals surface area contributed by atoms with Gasteiger partial charge in [-0.1, -0.05) is 6.07 Å². The van der Waals surface area contributed by atoms with Gasteiger partial charge in [0, 0.05) is 18.3 Å². The van der Waals surface area contributed by atoms with Gasteiger partial charge >= 0.3 is 0 Å². The molecule has 2 rings (SSSR count). The molecule has 0 heterocycles. The summed E-state index contributed by atoms with van der Waals surface area (Å²) in [6.45, 7) is 4.50. The Balaban J connectivity index is 1.91. The van der Waals surface area contributed by atoms with Crippen LogP contribution in [0.5, 0.6) is 0 Å². The summed E-state index contributed by atoms with van der Waals surface area (Å²) < 4.78 is 26.3. The van der Waals surface area contributed by atoms with Crippen LogP contribution < -0.4 is 10.0 Å². The van der Waals surface area contributed by atoms with Gasteiger partial charge in [0.2, 0.25) is 10.0 Å². The van der Waals surface area contributed by atoms with Gasteiger partial charge in [-0.2, -0.15) is 0 Å². The highest BCUT2D eigenvalue weighted by molar-refractivity contribution is 7.92. The van der Waals surface area contributed by atoms with Crippen LogP contribution in [0.1, 0.15) is 24.0 Å². The predicted octanol–water partition coefficient (Wildman–Crippen LogP) is 1.80. The first kappa shape index (κ1) is 13.4. The minimum Gasteiger partial charge on any atom is -0.313 e. The van der Waals surface area contributed by atoms with Gasteiger partial charge in [0.25, 0.3) is 0 Å². The van der Waals surface area contributed by atoms with Gasteiger partial charge < -0.3 is 5.32 Å². The van der Waals surface area contributed by atoms with E-state index in [1.165, 1.54) is 12.8 Å². The molecule has 1 aromatic carbocycles. The van der Waals surface area contributed by atoms with E-state index in [9.17, 15) is 8.42 Å². The zero-order valence-electron chi connectivity index (χ0n) is 10.9. The Morgan fingerprint density at radius 1 is 1.22 bits per heavy atom. The summed E-state index contributed by atoms with van der Waals surface area (Å²) in [6, 6.07) is 6.13. The van der Waals surface area contributed by atoms with Gasteiger partial charge in [0.1, 0.15) is 0 Å². The summed E-state index contributed by atoms with van der Waals surface area (Å²) in [6.07, 6.45) is 2.34. The summed E-state index contributed by atoms with van der Waals surface area (Å²) >= 11 is 0. The first-order valence-electron chi connectivity index (χ1n) is 6.27. The molecule has 1 aromatic rings. The van der Waals surface area contributed by atoms with Gasteiger partial charge in [0.15, 0.2) is 0 Å². The van der Waals surface area contributed by atoms with Crippen LogP contribution in [0.4, 0.5) is 5.69 Å². The Labute approximate surface area is 109 Å². The molecule has 5 heteroatoms.